The van der Waals surface area contributed by atoms with Crippen LogP contribution in [0.5, 0.6) is 0 Å². The SMILES string of the molecule is C=C(/C=C\C=C\S(C)(=O)=O)S(=O)(=O)NO. The topological polar surface area (TPSA) is 101 Å². The average molecular weight is 253 g/mol. The molecule has 0 bridgehead atoms. The molecule has 0 radical (unpaired) electrons. The van der Waals surface area contributed by atoms with E-state index in [1.165, 1.54) is 6.08 Å². The van der Waals surface area contributed by atoms with Crippen molar-refractivity contribution in [3.8, 4) is 0 Å². The van der Waals surface area contributed by atoms with Gasteiger partial charge < -0.3 is 5.21 Å². The molecule has 0 amide bonds. The van der Waals surface area contributed by atoms with E-state index in [2.05, 4.69) is 6.58 Å². The van der Waals surface area contributed by atoms with Gasteiger partial charge in [-0.05, 0) is 6.08 Å². The molecule has 0 aliphatic rings. The van der Waals surface area contributed by atoms with E-state index in [9.17, 15) is 16.8 Å². The molecule has 0 unspecified atom stereocenters. The number of hydrogen-bond donors (Lipinski definition) is 2. The fraction of sp³-hybridized carbons (Fsp3) is 0.143. The molecular weight excluding hydrogens is 242 g/mol. The van der Waals surface area contributed by atoms with Crippen molar-refractivity contribution >= 4 is 19.9 Å². The fourth-order valence-corrected chi connectivity index (χ4v) is 1.25. The Balaban J connectivity index is 4.60. The van der Waals surface area contributed by atoms with Gasteiger partial charge >= 0.3 is 0 Å². The second kappa shape index (κ2) is 5.21. The highest BCUT2D eigenvalue weighted by Crippen LogP contribution is 2.02. The normalized spacial score (nSPS) is 13.7. The molecule has 0 heterocycles. The van der Waals surface area contributed by atoms with Crippen molar-refractivity contribution < 1.29 is 22.0 Å². The number of hydrogen-bond acceptors (Lipinski definition) is 5. The lowest BCUT2D eigenvalue weighted by atomic mass is 10.5. The van der Waals surface area contributed by atoms with Crippen molar-refractivity contribution in [2.75, 3.05) is 6.26 Å². The lowest BCUT2D eigenvalue weighted by Crippen LogP contribution is -2.19. The van der Waals surface area contributed by atoms with Crippen LogP contribution < -0.4 is 4.89 Å². The van der Waals surface area contributed by atoms with E-state index in [0.717, 1.165) is 28.7 Å². The summed E-state index contributed by atoms with van der Waals surface area (Å²) < 4.78 is 42.9. The molecule has 0 atom stereocenters. The summed E-state index contributed by atoms with van der Waals surface area (Å²) in [6.07, 6.45) is 4.37. The Hall–Kier alpha value is -0.960. The molecule has 6 nitrogen and oxygen atoms in total. The zero-order valence-electron chi connectivity index (χ0n) is 7.91. The van der Waals surface area contributed by atoms with Gasteiger partial charge in [0, 0.05) is 11.7 Å². The second-order valence-corrected chi connectivity index (χ2v) is 6.22. The summed E-state index contributed by atoms with van der Waals surface area (Å²) in [5.41, 5.74) is 0. The quantitative estimate of drug-likeness (QED) is 0.527. The Morgan fingerprint density at radius 3 is 2.20 bits per heavy atom. The van der Waals surface area contributed by atoms with Gasteiger partial charge in [-0.2, -0.15) is 0 Å². The molecule has 15 heavy (non-hydrogen) atoms. The fourth-order valence-electron chi connectivity index (χ4n) is 0.499. The molecule has 8 heteroatoms. The molecule has 2 N–H and O–H groups in total. The van der Waals surface area contributed by atoms with Crippen molar-refractivity contribution in [2.45, 2.75) is 0 Å². The van der Waals surface area contributed by atoms with Gasteiger partial charge in [-0.1, -0.05) is 23.6 Å². The third-order valence-corrected chi connectivity index (χ3v) is 2.90. The van der Waals surface area contributed by atoms with Crippen LogP contribution >= 0.6 is 0 Å². The van der Waals surface area contributed by atoms with E-state index in [1.54, 1.807) is 0 Å². The largest absolute Gasteiger partial charge is 0.302 e. The van der Waals surface area contributed by atoms with Crippen molar-refractivity contribution in [3.63, 3.8) is 0 Å². The van der Waals surface area contributed by atoms with Crippen LogP contribution in [-0.2, 0) is 19.9 Å². The van der Waals surface area contributed by atoms with E-state index >= 15 is 0 Å². The summed E-state index contributed by atoms with van der Waals surface area (Å²) in [4.78, 5) is 0.691. The maximum Gasteiger partial charge on any atom is 0.261 e. The third-order valence-electron chi connectivity index (χ3n) is 1.18. The zero-order chi connectivity index (χ0) is 12.1. The number of sulfonamides is 1. The molecule has 0 aromatic rings. The Kier molecular flexibility index (Phi) is 4.88. The minimum atomic E-state index is -3.97. The Morgan fingerprint density at radius 2 is 1.80 bits per heavy atom. The van der Waals surface area contributed by atoms with Gasteiger partial charge in [0.1, 0.15) is 0 Å². The number of rotatable bonds is 5. The van der Waals surface area contributed by atoms with E-state index in [-0.39, 0.29) is 4.91 Å². The predicted octanol–water partition coefficient (Wildman–Crippen LogP) is -0.0768. The van der Waals surface area contributed by atoms with E-state index in [4.69, 9.17) is 5.21 Å². The smallest absolute Gasteiger partial charge is 0.261 e. The minimum Gasteiger partial charge on any atom is -0.302 e. The molecule has 0 aliphatic heterocycles. The third kappa shape index (κ3) is 6.18. The molecule has 0 fully saturated rings. The lowest BCUT2D eigenvalue weighted by molar-refractivity contribution is 0.244. The molecule has 0 aromatic heterocycles. The zero-order valence-corrected chi connectivity index (χ0v) is 9.55. The van der Waals surface area contributed by atoms with Gasteiger partial charge in [-0.15, -0.1) is 0 Å². The first-order valence-electron chi connectivity index (χ1n) is 3.58. The highest BCUT2D eigenvalue weighted by molar-refractivity contribution is 7.93. The second-order valence-electron chi connectivity index (χ2n) is 2.58. The van der Waals surface area contributed by atoms with Crippen LogP contribution in [0.4, 0.5) is 0 Å². The van der Waals surface area contributed by atoms with Crippen LogP contribution in [0.15, 0.2) is 35.1 Å². The van der Waals surface area contributed by atoms with Crippen LogP contribution in [-0.4, -0.2) is 28.3 Å². The Bertz CT molecular complexity index is 483. The molecule has 86 valence electrons. The standard InChI is InChI=1S/C7H11NO5S2/c1-7(15(12,13)8-9)5-3-4-6-14(2,10)11/h3-6,8-9H,1H2,2H3/b5-3-,6-4+. The summed E-state index contributed by atoms with van der Waals surface area (Å²) in [6.45, 7) is 3.15. The van der Waals surface area contributed by atoms with Crippen LogP contribution in [0.1, 0.15) is 0 Å². The molecule has 0 aromatic carbocycles. The van der Waals surface area contributed by atoms with E-state index in [1.807, 2.05) is 0 Å². The van der Waals surface area contributed by atoms with Gasteiger partial charge in [0.05, 0.1) is 4.91 Å². The van der Waals surface area contributed by atoms with Crippen LogP contribution in [0.2, 0.25) is 0 Å². The van der Waals surface area contributed by atoms with Crippen LogP contribution in [0.25, 0.3) is 0 Å². The van der Waals surface area contributed by atoms with Crippen molar-refractivity contribution in [1.82, 2.24) is 4.89 Å². The van der Waals surface area contributed by atoms with Crippen molar-refractivity contribution in [3.05, 3.63) is 35.1 Å². The first-order valence-corrected chi connectivity index (χ1v) is 7.02. The molecule has 0 saturated heterocycles. The Labute approximate surface area is 88.5 Å². The van der Waals surface area contributed by atoms with E-state index in [0.29, 0.717) is 0 Å². The summed E-state index contributed by atoms with van der Waals surface area (Å²) in [6, 6.07) is 0. The molecule has 0 aliphatic carbocycles. The lowest BCUT2D eigenvalue weighted by Gasteiger charge is -1.97. The van der Waals surface area contributed by atoms with Gasteiger partial charge in [0.2, 0.25) is 0 Å². The number of nitrogens with one attached hydrogen (secondary N) is 1. The van der Waals surface area contributed by atoms with Crippen molar-refractivity contribution in [2.24, 2.45) is 0 Å². The van der Waals surface area contributed by atoms with Crippen LogP contribution in [0, 0.1) is 0 Å². The first kappa shape index (κ1) is 14.0. The number of sulfone groups is 1. The molecule has 0 saturated carbocycles. The summed E-state index contributed by atoms with van der Waals surface area (Å²) in [5.74, 6) is 0. The van der Waals surface area contributed by atoms with Crippen LogP contribution in [0.3, 0.4) is 0 Å². The summed E-state index contributed by atoms with van der Waals surface area (Å²) >= 11 is 0. The maximum atomic E-state index is 10.8. The minimum absolute atomic E-state index is 0.386. The Morgan fingerprint density at radius 1 is 1.27 bits per heavy atom. The van der Waals surface area contributed by atoms with Crippen molar-refractivity contribution in [1.29, 1.82) is 0 Å². The highest BCUT2D eigenvalue weighted by atomic mass is 32.2. The van der Waals surface area contributed by atoms with Gasteiger partial charge in [-0.25, -0.2) is 16.8 Å². The highest BCUT2D eigenvalue weighted by Gasteiger charge is 2.09. The summed E-state index contributed by atoms with van der Waals surface area (Å²) in [5, 5.41) is 9.10. The first-order chi connectivity index (χ1) is 6.69. The van der Waals surface area contributed by atoms with E-state index < -0.39 is 19.9 Å². The average Bonchev–Trinajstić information content (AvgIpc) is 2.10. The maximum absolute atomic E-state index is 10.8. The van der Waals surface area contributed by atoms with Gasteiger partial charge in [0.15, 0.2) is 9.84 Å². The molecule has 0 spiro atoms. The van der Waals surface area contributed by atoms with Gasteiger partial charge in [-0.3, -0.25) is 0 Å². The van der Waals surface area contributed by atoms with Gasteiger partial charge in [0.25, 0.3) is 10.0 Å². The molecular formula is C7H11NO5S2. The monoisotopic (exact) mass is 253 g/mol. The number of allylic oxidation sites excluding steroid dienone is 3. The predicted molar refractivity (Wildman–Crippen MR) is 56.1 cm³/mol. The summed E-state index contributed by atoms with van der Waals surface area (Å²) in [7, 11) is -7.21. The molecule has 0 rings (SSSR count).